The van der Waals surface area contributed by atoms with Crippen molar-refractivity contribution in [1.82, 2.24) is 15.0 Å². The van der Waals surface area contributed by atoms with Crippen molar-refractivity contribution >= 4 is 0 Å². The van der Waals surface area contributed by atoms with Gasteiger partial charge in [0, 0.05) is 11.8 Å². The molecule has 5 nitrogen and oxygen atoms in total. The fourth-order valence-corrected chi connectivity index (χ4v) is 3.01. The molecule has 1 fully saturated rings. The Morgan fingerprint density at radius 3 is 2.76 bits per heavy atom. The molecule has 0 saturated carbocycles. The molecule has 1 unspecified atom stereocenters. The summed E-state index contributed by atoms with van der Waals surface area (Å²) in [7, 11) is 0. The lowest BCUT2D eigenvalue weighted by molar-refractivity contribution is 0.200. The highest BCUT2D eigenvalue weighted by molar-refractivity contribution is 5.09. The first-order valence-corrected chi connectivity index (χ1v) is 7.77. The van der Waals surface area contributed by atoms with Crippen LogP contribution in [0.15, 0.2) is 27.5 Å². The smallest absolute Gasteiger partial charge is 0.213 e. The monoisotopic (exact) mass is 289 g/mol. The minimum absolute atomic E-state index is 0.463. The molecule has 0 aliphatic carbocycles. The van der Waals surface area contributed by atoms with Crippen molar-refractivity contribution in [2.24, 2.45) is 0 Å². The molecular weight excluding hydrogens is 266 g/mol. The van der Waals surface area contributed by atoms with Crippen LogP contribution in [0.2, 0.25) is 0 Å². The Labute approximate surface area is 125 Å². The normalized spacial score (nSPS) is 19.0. The van der Waals surface area contributed by atoms with Gasteiger partial charge in [0.2, 0.25) is 6.39 Å². The summed E-state index contributed by atoms with van der Waals surface area (Å²) >= 11 is 0. The highest BCUT2D eigenvalue weighted by Crippen LogP contribution is 2.27. The van der Waals surface area contributed by atoms with E-state index in [0.29, 0.717) is 11.8 Å². The molecule has 1 aliphatic heterocycles. The summed E-state index contributed by atoms with van der Waals surface area (Å²) in [5.41, 5.74) is 0. The van der Waals surface area contributed by atoms with Crippen LogP contribution in [0.3, 0.4) is 0 Å². The van der Waals surface area contributed by atoms with E-state index in [9.17, 15) is 0 Å². The van der Waals surface area contributed by atoms with Crippen LogP contribution >= 0.6 is 0 Å². The van der Waals surface area contributed by atoms with Gasteiger partial charge in [0.1, 0.15) is 11.5 Å². The molecular formula is C16H23N3O2. The lowest BCUT2D eigenvalue weighted by atomic mass is 9.95. The number of rotatable bonds is 5. The first-order chi connectivity index (χ1) is 10.2. The highest BCUT2D eigenvalue weighted by Gasteiger charge is 2.23. The van der Waals surface area contributed by atoms with E-state index < -0.39 is 0 Å². The maximum absolute atomic E-state index is 5.71. The number of aromatic nitrogens is 2. The third-order valence-electron chi connectivity index (χ3n) is 4.46. The molecule has 0 radical (unpaired) electrons. The van der Waals surface area contributed by atoms with Gasteiger partial charge in [-0.15, -0.1) is 0 Å². The molecule has 21 heavy (non-hydrogen) atoms. The van der Waals surface area contributed by atoms with Crippen molar-refractivity contribution in [1.29, 1.82) is 0 Å². The predicted octanol–water partition coefficient (Wildman–Crippen LogP) is 3.34. The molecule has 0 N–H and O–H groups in total. The van der Waals surface area contributed by atoms with Gasteiger partial charge in [-0.3, -0.25) is 0 Å². The summed E-state index contributed by atoms with van der Waals surface area (Å²) in [6.45, 7) is 7.59. The second-order valence-corrected chi connectivity index (χ2v) is 6.04. The maximum Gasteiger partial charge on any atom is 0.213 e. The first-order valence-electron chi connectivity index (χ1n) is 7.77. The number of piperidine rings is 1. The number of hydrogen-bond acceptors (Lipinski definition) is 5. The summed E-state index contributed by atoms with van der Waals surface area (Å²) in [6.07, 6.45) is 4.80. The van der Waals surface area contributed by atoms with Crippen LogP contribution in [0.1, 0.15) is 55.4 Å². The number of aryl methyl sites for hydroxylation is 1. The lowest BCUT2D eigenvalue weighted by Crippen LogP contribution is -2.34. The van der Waals surface area contributed by atoms with Gasteiger partial charge < -0.3 is 13.8 Å². The average molecular weight is 289 g/mol. The molecule has 3 heterocycles. The lowest BCUT2D eigenvalue weighted by Gasteiger charge is -2.31. The summed E-state index contributed by atoms with van der Waals surface area (Å²) in [5, 5.41) is 3.96. The number of nitrogens with zero attached hydrogens (tertiary/aromatic N) is 3. The van der Waals surface area contributed by atoms with Gasteiger partial charge in [-0.25, -0.2) is 0 Å². The van der Waals surface area contributed by atoms with E-state index in [4.69, 9.17) is 8.94 Å². The van der Waals surface area contributed by atoms with Crippen molar-refractivity contribution in [3.8, 4) is 0 Å². The number of likely N-dealkylation sites (tertiary alicyclic amines) is 1. The van der Waals surface area contributed by atoms with Gasteiger partial charge in [0.25, 0.3) is 0 Å². The zero-order chi connectivity index (χ0) is 14.7. The van der Waals surface area contributed by atoms with E-state index in [-0.39, 0.29) is 0 Å². The summed E-state index contributed by atoms with van der Waals surface area (Å²) in [6, 6.07) is 4.14. The zero-order valence-corrected chi connectivity index (χ0v) is 12.8. The van der Waals surface area contributed by atoms with Crippen LogP contribution in [0.25, 0.3) is 0 Å². The topological polar surface area (TPSA) is 55.3 Å². The van der Waals surface area contributed by atoms with Gasteiger partial charge >= 0.3 is 0 Å². The minimum Gasteiger partial charge on any atom is -0.466 e. The van der Waals surface area contributed by atoms with E-state index in [1.54, 1.807) is 0 Å². The van der Waals surface area contributed by atoms with Gasteiger partial charge in [-0.2, -0.15) is 4.98 Å². The Bertz CT molecular complexity index is 542. The predicted molar refractivity (Wildman–Crippen MR) is 79.2 cm³/mol. The largest absolute Gasteiger partial charge is 0.466 e. The molecule has 114 valence electrons. The maximum atomic E-state index is 5.71. The second kappa shape index (κ2) is 6.43. The van der Waals surface area contributed by atoms with Crippen LogP contribution in [-0.4, -0.2) is 34.7 Å². The summed E-state index contributed by atoms with van der Waals surface area (Å²) in [5.74, 6) is 3.92. The van der Waals surface area contributed by atoms with Crippen LogP contribution in [0.5, 0.6) is 0 Å². The third-order valence-corrected chi connectivity index (χ3v) is 4.46. The van der Waals surface area contributed by atoms with Gasteiger partial charge in [0.15, 0.2) is 5.82 Å². The molecule has 1 saturated heterocycles. The standard InChI is InChI=1S/C16H23N3O2/c1-12(15-4-3-13(2)21-15)5-8-19-9-6-14(7-10-19)16-17-11-20-18-16/h3-4,11-12,14H,5-10H2,1-2H3. The first kappa shape index (κ1) is 14.3. The van der Waals surface area contributed by atoms with Crippen molar-refractivity contribution in [2.45, 2.75) is 44.9 Å². The Hall–Kier alpha value is -1.62. The molecule has 2 aromatic heterocycles. The molecule has 2 aromatic rings. The second-order valence-electron chi connectivity index (χ2n) is 6.04. The van der Waals surface area contributed by atoms with E-state index >= 15 is 0 Å². The Morgan fingerprint density at radius 1 is 1.33 bits per heavy atom. The fourth-order valence-electron chi connectivity index (χ4n) is 3.01. The molecule has 0 amide bonds. The van der Waals surface area contributed by atoms with Crippen LogP contribution in [0.4, 0.5) is 0 Å². The molecule has 0 spiro atoms. The Morgan fingerprint density at radius 2 is 2.14 bits per heavy atom. The molecule has 1 aliphatic rings. The van der Waals surface area contributed by atoms with E-state index in [0.717, 1.165) is 56.2 Å². The quantitative estimate of drug-likeness (QED) is 0.845. The van der Waals surface area contributed by atoms with E-state index in [1.165, 1.54) is 6.39 Å². The highest BCUT2D eigenvalue weighted by atomic mass is 16.5. The van der Waals surface area contributed by atoms with Crippen molar-refractivity contribution in [2.75, 3.05) is 19.6 Å². The molecule has 0 bridgehead atoms. The molecule has 5 heteroatoms. The molecule has 3 rings (SSSR count). The van der Waals surface area contributed by atoms with Crippen LogP contribution in [0, 0.1) is 6.92 Å². The Kier molecular flexibility index (Phi) is 4.39. The Balaban J connectivity index is 1.43. The van der Waals surface area contributed by atoms with E-state index in [1.807, 2.05) is 13.0 Å². The number of furan rings is 1. The summed E-state index contributed by atoms with van der Waals surface area (Å²) in [4.78, 5) is 6.70. The van der Waals surface area contributed by atoms with Crippen molar-refractivity contribution < 1.29 is 8.94 Å². The molecule has 0 aromatic carbocycles. The minimum atomic E-state index is 0.463. The third kappa shape index (κ3) is 3.53. The average Bonchev–Trinajstić information content (AvgIpc) is 3.16. The zero-order valence-electron chi connectivity index (χ0n) is 12.8. The van der Waals surface area contributed by atoms with Gasteiger partial charge in [-0.1, -0.05) is 12.1 Å². The van der Waals surface area contributed by atoms with Gasteiger partial charge in [0.05, 0.1) is 0 Å². The van der Waals surface area contributed by atoms with Gasteiger partial charge in [-0.05, 0) is 58.0 Å². The summed E-state index contributed by atoms with van der Waals surface area (Å²) < 4.78 is 10.5. The SMILES string of the molecule is Cc1ccc(C(C)CCN2CCC(c3ncon3)CC2)o1. The number of hydrogen-bond donors (Lipinski definition) is 0. The van der Waals surface area contributed by atoms with E-state index in [2.05, 4.69) is 28.0 Å². The molecule has 1 atom stereocenters. The van der Waals surface area contributed by atoms with Crippen LogP contribution < -0.4 is 0 Å². The van der Waals surface area contributed by atoms with Crippen LogP contribution in [-0.2, 0) is 0 Å². The fraction of sp³-hybridized carbons (Fsp3) is 0.625. The van der Waals surface area contributed by atoms with Crippen molar-refractivity contribution in [3.05, 3.63) is 35.9 Å². The van der Waals surface area contributed by atoms with Crippen molar-refractivity contribution in [3.63, 3.8) is 0 Å².